The first-order valence-electron chi connectivity index (χ1n) is 4.31. The zero-order valence-electron chi connectivity index (χ0n) is 8.02. The molecule has 76 valence electrons. The van der Waals surface area contributed by atoms with Crippen LogP contribution in [0.25, 0.3) is 0 Å². The molecule has 0 amide bonds. The lowest BCUT2D eigenvalue weighted by atomic mass is 9.81. The van der Waals surface area contributed by atoms with E-state index in [9.17, 15) is 10.2 Å². The molecule has 0 saturated carbocycles. The molecule has 0 bridgehead atoms. The Kier molecular flexibility index (Phi) is 2.09. The SMILES string of the molecule is COc1c(O)ccc2c1[C@H](O)[C@H]2OC. The molecule has 0 heterocycles. The van der Waals surface area contributed by atoms with Crippen LogP contribution in [0.3, 0.4) is 0 Å². The van der Waals surface area contributed by atoms with Gasteiger partial charge < -0.3 is 19.7 Å². The standard InChI is InChI=1S/C10H12O4/c1-13-9-5-3-4-6(11)10(14-2)7(5)8(9)12/h3-4,8-9,11-12H,1-2H3/t8-,9-/m0/s1. The predicted octanol–water partition coefficient (Wildman–Crippen LogP) is 1.14. The van der Waals surface area contributed by atoms with Crippen LogP contribution in [-0.4, -0.2) is 24.4 Å². The Hall–Kier alpha value is -1.26. The van der Waals surface area contributed by atoms with Crippen LogP contribution >= 0.6 is 0 Å². The van der Waals surface area contributed by atoms with E-state index in [0.29, 0.717) is 11.3 Å². The molecule has 1 aromatic rings. The summed E-state index contributed by atoms with van der Waals surface area (Å²) >= 11 is 0. The minimum Gasteiger partial charge on any atom is -0.504 e. The molecule has 2 atom stereocenters. The monoisotopic (exact) mass is 196 g/mol. The number of fused-ring (bicyclic) bond motifs is 1. The molecule has 4 nitrogen and oxygen atoms in total. The van der Waals surface area contributed by atoms with Crippen LogP contribution in [-0.2, 0) is 4.74 Å². The van der Waals surface area contributed by atoms with Crippen molar-refractivity contribution in [1.82, 2.24) is 0 Å². The van der Waals surface area contributed by atoms with Crippen molar-refractivity contribution in [2.45, 2.75) is 12.2 Å². The first kappa shape index (κ1) is 9.30. The number of benzene rings is 1. The van der Waals surface area contributed by atoms with Crippen molar-refractivity contribution < 1.29 is 19.7 Å². The van der Waals surface area contributed by atoms with Crippen molar-refractivity contribution in [3.05, 3.63) is 23.3 Å². The Morgan fingerprint density at radius 1 is 1.29 bits per heavy atom. The van der Waals surface area contributed by atoms with Crippen LogP contribution in [0, 0.1) is 0 Å². The molecule has 2 N–H and O–H groups in total. The number of phenols is 1. The second kappa shape index (κ2) is 3.15. The minimum atomic E-state index is -0.711. The van der Waals surface area contributed by atoms with E-state index in [1.807, 2.05) is 0 Å². The fraction of sp³-hybridized carbons (Fsp3) is 0.400. The summed E-state index contributed by atoms with van der Waals surface area (Å²) in [6, 6.07) is 3.27. The molecule has 0 radical (unpaired) electrons. The Balaban J connectivity index is 2.51. The van der Waals surface area contributed by atoms with Gasteiger partial charge in [0.05, 0.1) is 7.11 Å². The van der Waals surface area contributed by atoms with Gasteiger partial charge >= 0.3 is 0 Å². The third-order valence-electron chi connectivity index (χ3n) is 2.56. The van der Waals surface area contributed by atoms with E-state index in [1.54, 1.807) is 6.07 Å². The number of aromatic hydroxyl groups is 1. The lowest BCUT2D eigenvalue weighted by Crippen LogP contribution is -2.26. The van der Waals surface area contributed by atoms with Crippen molar-refractivity contribution in [1.29, 1.82) is 0 Å². The summed E-state index contributed by atoms with van der Waals surface area (Å²) in [6.45, 7) is 0. The minimum absolute atomic E-state index is 0.0415. The average molecular weight is 196 g/mol. The molecule has 2 rings (SSSR count). The van der Waals surface area contributed by atoms with E-state index < -0.39 is 6.10 Å². The first-order chi connectivity index (χ1) is 6.70. The summed E-state index contributed by atoms with van der Waals surface area (Å²) in [7, 11) is 3.00. The van der Waals surface area contributed by atoms with Gasteiger partial charge in [-0.25, -0.2) is 0 Å². The average Bonchev–Trinajstić information content (AvgIpc) is 2.19. The number of aliphatic hydroxyl groups excluding tert-OH is 1. The molecule has 0 aliphatic heterocycles. The summed E-state index contributed by atoms with van der Waals surface area (Å²) in [4.78, 5) is 0. The Morgan fingerprint density at radius 2 is 2.00 bits per heavy atom. The van der Waals surface area contributed by atoms with Gasteiger partial charge in [-0.05, 0) is 11.6 Å². The van der Waals surface area contributed by atoms with E-state index in [4.69, 9.17) is 9.47 Å². The van der Waals surface area contributed by atoms with Gasteiger partial charge in [-0.1, -0.05) is 6.07 Å². The fourth-order valence-corrected chi connectivity index (χ4v) is 1.85. The number of phenolic OH excluding ortho intramolecular Hbond substituents is 1. The van der Waals surface area contributed by atoms with Crippen LogP contribution in [0.1, 0.15) is 23.3 Å². The molecule has 0 unspecified atom stereocenters. The summed E-state index contributed by atoms with van der Waals surface area (Å²) in [5, 5.41) is 19.1. The predicted molar refractivity (Wildman–Crippen MR) is 49.4 cm³/mol. The van der Waals surface area contributed by atoms with Gasteiger partial charge in [0.2, 0.25) is 0 Å². The second-order valence-electron chi connectivity index (χ2n) is 3.22. The molecule has 14 heavy (non-hydrogen) atoms. The molecule has 1 aliphatic carbocycles. The summed E-state index contributed by atoms with van der Waals surface area (Å²) in [5.41, 5.74) is 1.49. The Morgan fingerprint density at radius 3 is 2.57 bits per heavy atom. The number of rotatable bonds is 2. The Labute approximate surface area is 81.7 Å². The maximum absolute atomic E-state index is 9.68. The maximum atomic E-state index is 9.68. The quantitative estimate of drug-likeness (QED) is 0.744. The third kappa shape index (κ3) is 1.01. The number of methoxy groups -OCH3 is 2. The first-order valence-corrected chi connectivity index (χ1v) is 4.31. The van der Waals surface area contributed by atoms with Gasteiger partial charge in [-0.3, -0.25) is 0 Å². The zero-order chi connectivity index (χ0) is 10.3. The van der Waals surface area contributed by atoms with Crippen LogP contribution in [0.15, 0.2) is 12.1 Å². The van der Waals surface area contributed by atoms with E-state index in [0.717, 1.165) is 5.56 Å². The number of aliphatic hydroxyl groups is 1. The lowest BCUT2D eigenvalue weighted by Gasteiger charge is -2.35. The number of ether oxygens (including phenoxy) is 2. The second-order valence-corrected chi connectivity index (χ2v) is 3.22. The molecule has 4 heteroatoms. The maximum Gasteiger partial charge on any atom is 0.166 e. The smallest absolute Gasteiger partial charge is 0.166 e. The molecule has 0 fully saturated rings. The van der Waals surface area contributed by atoms with Gasteiger partial charge in [0.25, 0.3) is 0 Å². The van der Waals surface area contributed by atoms with Crippen LogP contribution in [0.4, 0.5) is 0 Å². The van der Waals surface area contributed by atoms with Crippen molar-refractivity contribution in [2.24, 2.45) is 0 Å². The summed E-state index contributed by atoms with van der Waals surface area (Å²) in [5.74, 6) is 0.378. The Bertz CT molecular complexity index is 361. The van der Waals surface area contributed by atoms with Gasteiger partial charge in [-0.2, -0.15) is 0 Å². The molecule has 1 aromatic carbocycles. The van der Waals surface area contributed by atoms with Crippen LogP contribution in [0.5, 0.6) is 11.5 Å². The van der Waals surface area contributed by atoms with Crippen molar-refractivity contribution >= 4 is 0 Å². The third-order valence-corrected chi connectivity index (χ3v) is 2.56. The zero-order valence-corrected chi connectivity index (χ0v) is 8.02. The number of hydrogen-bond donors (Lipinski definition) is 2. The van der Waals surface area contributed by atoms with E-state index in [-0.39, 0.29) is 11.9 Å². The summed E-state index contributed by atoms with van der Waals surface area (Å²) < 4.78 is 10.1. The molecule has 0 aromatic heterocycles. The van der Waals surface area contributed by atoms with Gasteiger partial charge in [0, 0.05) is 12.7 Å². The van der Waals surface area contributed by atoms with E-state index in [2.05, 4.69) is 0 Å². The van der Waals surface area contributed by atoms with Crippen molar-refractivity contribution in [3.8, 4) is 11.5 Å². The van der Waals surface area contributed by atoms with E-state index in [1.165, 1.54) is 20.3 Å². The van der Waals surface area contributed by atoms with Gasteiger partial charge in [0.15, 0.2) is 11.5 Å². The van der Waals surface area contributed by atoms with Gasteiger partial charge in [-0.15, -0.1) is 0 Å². The van der Waals surface area contributed by atoms with Crippen LogP contribution in [0.2, 0.25) is 0 Å². The molecule has 0 spiro atoms. The fourth-order valence-electron chi connectivity index (χ4n) is 1.85. The van der Waals surface area contributed by atoms with Crippen molar-refractivity contribution in [2.75, 3.05) is 14.2 Å². The highest BCUT2D eigenvalue weighted by molar-refractivity contribution is 5.57. The molecule has 1 aliphatic rings. The largest absolute Gasteiger partial charge is 0.504 e. The van der Waals surface area contributed by atoms with Gasteiger partial charge in [0.1, 0.15) is 12.2 Å². The molecule has 0 saturated heterocycles. The van der Waals surface area contributed by atoms with Crippen molar-refractivity contribution in [3.63, 3.8) is 0 Å². The van der Waals surface area contributed by atoms with Crippen LogP contribution < -0.4 is 4.74 Å². The molecular formula is C10H12O4. The van der Waals surface area contributed by atoms with E-state index >= 15 is 0 Å². The number of hydrogen-bond acceptors (Lipinski definition) is 4. The normalized spacial score (nSPS) is 23.9. The molecular weight excluding hydrogens is 184 g/mol. The lowest BCUT2D eigenvalue weighted by molar-refractivity contribution is -0.0438. The highest BCUT2D eigenvalue weighted by Gasteiger charge is 2.40. The summed E-state index contributed by atoms with van der Waals surface area (Å²) in [6.07, 6.45) is -1.02. The highest BCUT2D eigenvalue weighted by Crippen LogP contribution is 2.52. The topological polar surface area (TPSA) is 58.9 Å². The highest BCUT2D eigenvalue weighted by atomic mass is 16.5.